The number of fused-ring (bicyclic) bond motifs is 2. The van der Waals surface area contributed by atoms with Crippen molar-refractivity contribution in [2.45, 2.75) is 51.7 Å². The molecule has 0 unspecified atom stereocenters. The van der Waals surface area contributed by atoms with Gasteiger partial charge in [0.05, 0.1) is 11.7 Å². The molecule has 0 aromatic carbocycles. The molecule has 1 heteroatoms. The Kier molecular flexibility index (Phi) is 1.45. The van der Waals surface area contributed by atoms with Gasteiger partial charge in [0.15, 0.2) is 0 Å². The molecular formula is C13H20O. The second-order valence-corrected chi connectivity index (χ2v) is 6.39. The Hall–Kier alpha value is -0.300. The molecule has 0 spiro atoms. The molecule has 3 fully saturated rings. The van der Waals surface area contributed by atoms with Crippen molar-refractivity contribution >= 4 is 0 Å². The fraction of sp³-hybridized carbons (Fsp3) is 0.846. The fourth-order valence-corrected chi connectivity index (χ4v) is 3.65. The Bertz CT molecular complexity index is 304. The van der Waals surface area contributed by atoms with E-state index in [4.69, 9.17) is 4.74 Å². The van der Waals surface area contributed by atoms with Crippen LogP contribution in [0.5, 0.6) is 0 Å². The van der Waals surface area contributed by atoms with E-state index in [2.05, 4.69) is 27.4 Å². The van der Waals surface area contributed by atoms with Gasteiger partial charge >= 0.3 is 0 Å². The molecule has 0 aromatic rings. The van der Waals surface area contributed by atoms with Crippen LogP contribution in [0.1, 0.15) is 40.0 Å². The quantitative estimate of drug-likeness (QED) is 0.424. The van der Waals surface area contributed by atoms with Gasteiger partial charge in [-0.25, -0.2) is 0 Å². The van der Waals surface area contributed by atoms with Gasteiger partial charge in [0.1, 0.15) is 0 Å². The van der Waals surface area contributed by atoms with Crippen LogP contribution < -0.4 is 0 Å². The predicted octanol–water partition coefficient (Wildman–Crippen LogP) is 3.16. The molecule has 14 heavy (non-hydrogen) atoms. The van der Waals surface area contributed by atoms with Gasteiger partial charge in [-0.2, -0.15) is 0 Å². The van der Waals surface area contributed by atoms with E-state index in [9.17, 15) is 0 Å². The van der Waals surface area contributed by atoms with Gasteiger partial charge in [-0.05, 0) is 43.4 Å². The second kappa shape index (κ2) is 2.27. The van der Waals surface area contributed by atoms with Crippen molar-refractivity contribution in [3.8, 4) is 0 Å². The molecule has 1 heterocycles. The smallest absolute Gasteiger partial charge is 0.0926 e. The van der Waals surface area contributed by atoms with Gasteiger partial charge < -0.3 is 4.74 Å². The minimum absolute atomic E-state index is 0.208. The Balaban J connectivity index is 1.88. The van der Waals surface area contributed by atoms with Gasteiger partial charge in [-0.3, -0.25) is 0 Å². The van der Waals surface area contributed by atoms with Crippen LogP contribution in [-0.4, -0.2) is 11.7 Å². The van der Waals surface area contributed by atoms with Crippen molar-refractivity contribution in [1.29, 1.82) is 0 Å². The van der Waals surface area contributed by atoms with Crippen molar-refractivity contribution in [3.63, 3.8) is 0 Å². The van der Waals surface area contributed by atoms with Crippen LogP contribution in [0.2, 0.25) is 0 Å². The van der Waals surface area contributed by atoms with E-state index < -0.39 is 0 Å². The Morgan fingerprint density at radius 1 is 1.29 bits per heavy atom. The summed E-state index contributed by atoms with van der Waals surface area (Å²) in [7, 11) is 0. The summed E-state index contributed by atoms with van der Waals surface area (Å²) in [5.41, 5.74) is 2.19. The second-order valence-electron chi connectivity index (χ2n) is 6.39. The van der Waals surface area contributed by atoms with Gasteiger partial charge in [0.2, 0.25) is 0 Å². The zero-order valence-electron chi connectivity index (χ0n) is 9.47. The van der Waals surface area contributed by atoms with Gasteiger partial charge in [0, 0.05) is 0 Å². The van der Waals surface area contributed by atoms with E-state index in [1.54, 1.807) is 0 Å². The lowest BCUT2D eigenvalue weighted by Crippen LogP contribution is -2.45. The van der Waals surface area contributed by atoms with Crippen LogP contribution in [0, 0.1) is 17.3 Å². The normalized spacial score (nSPS) is 53.9. The third-order valence-electron chi connectivity index (χ3n) is 4.87. The average molecular weight is 192 g/mol. The molecule has 1 aliphatic heterocycles. The molecule has 0 radical (unpaired) electrons. The fourth-order valence-electron chi connectivity index (χ4n) is 3.65. The molecule has 0 aromatic heterocycles. The SMILES string of the molecule is C=C1C[C@H]2O[C@]2(C)C[C@@H]2[C@@H]1CC2(C)C. The van der Waals surface area contributed by atoms with Gasteiger partial charge in [0.25, 0.3) is 0 Å². The van der Waals surface area contributed by atoms with Crippen molar-refractivity contribution in [2.24, 2.45) is 17.3 Å². The van der Waals surface area contributed by atoms with Gasteiger partial charge in [-0.15, -0.1) is 0 Å². The minimum atomic E-state index is 0.208. The van der Waals surface area contributed by atoms with E-state index in [-0.39, 0.29) is 5.60 Å². The number of hydrogen-bond acceptors (Lipinski definition) is 1. The maximum Gasteiger partial charge on any atom is 0.0926 e. The van der Waals surface area contributed by atoms with Crippen LogP contribution in [-0.2, 0) is 4.74 Å². The minimum Gasteiger partial charge on any atom is -0.366 e. The summed E-state index contributed by atoms with van der Waals surface area (Å²) in [6.45, 7) is 11.3. The van der Waals surface area contributed by atoms with Gasteiger partial charge in [-0.1, -0.05) is 26.0 Å². The lowest BCUT2D eigenvalue weighted by Gasteiger charge is -2.52. The molecule has 3 aliphatic rings. The van der Waals surface area contributed by atoms with E-state index in [1.165, 1.54) is 18.4 Å². The molecule has 1 nitrogen and oxygen atoms in total. The lowest BCUT2D eigenvalue weighted by molar-refractivity contribution is -0.0111. The third-order valence-corrected chi connectivity index (χ3v) is 4.87. The summed E-state index contributed by atoms with van der Waals surface area (Å²) < 4.78 is 5.80. The Morgan fingerprint density at radius 3 is 2.64 bits per heavy atom. The van der Waals surface area contributed by atoms with Crippen molar-refractivity contribution in [2.75, 3.05) is 0 Å². The summed E-state index contributed by atoms with van der Waals surface area (Å²) >= 11 is 0. The predicted molar refractivity (Wildman–Crippen MR) is 57.0 cm³/mol. The van der Waals surface area contributed by atoms with Crippen LogP contribution in [0.15, 0.2) is 12.2 Å². The molecular weight excluding hydrogens is 172 g/mol. The molecule has 2 saturated carbocycles. The van der Waals surface area contributed by atoms with E-state index in [0.29, 0.717) is 11.5 Å². The van der Waals surface area contributed by atoms with Crippen molar-refractivity contribution in [3.05, 3.63) is 12.2 Å². The Labute approximate surface area is 86.5 Å². The first kappa shape index (κ1) is 8.96. The highest BCUT2D eigenvalue weighted by atomic mass is 16.6. The van der Waals surface area contributed by atoms with Crippen molar-refractivity contribution < 1.29 is 4.74 Å². The topological polar surface area (TPSA) is 12.5 Å². The first-order valence-corrected chi connectivity index (χ1v) is 5.78. The highest BCUT2D eigenvalue weighted by Crippen LogP contribution is 2.63. The summed E-state index contributed by atoms with van der Waals surface area (Å²) in [6.07, 6.45) is 4.22. The number of epoxide rings is 1. The maximum atomic E-state index is 5.80. The van der Waals surface area contributed by atoms with Crippen LogP contribution in [0.25, 0.3) is 0 Å². The molecule has 0 bridgehead atoms. The maximum absolute atomic E-state index is 5.80. The first-order valence-electron chi connectivity index (χ1n) is 5.78. The van der Waals surface area contributed by atoms with Crippen molar-refractivity contribution in [1.82, 2.24) is 0 Å². The zero-order chi connectivity index (χ0) is 10.1. The van der Waals surface area contributed by atoms with E-state index in [1.807, 2.05) is 0 Å². The van der Waals surface area contributed by atoms with Crippen LogP contribution in [0.4, 0.5) is 0 Å². The van der Waals surface area contributed by atoms with Crippen LogP contribution in [0.3, 0.4) is 0 Å². The lowest BCUT2D eigenvalue weighted by atomic mass is 9.52. The van der Waals surface area contributed by atoms with Crippen LogP contribution >= 0.6 is 0 Å². The zero-order valence-corrected chi connectivity index (χ0v) is 9.47. The monoisotopic (exact) mass is 192 g/mol. The summed E-state index contributed by atoms with van der Waals surface area (Å²) in [4.78, 5) is 0. The molecule has 3 rings (SSSR count). The van der Waals surface area contributed by atoms with E-state index >= 15 is 0 Å². The molecule has 2 aliphatic carbocycles. The molecule has 4 atom stereocenters. The molecule has 0 N–H and O–H groups in total. The number of ether oxygens (including phenoxy) is 1. The number of hydrogen-bond donors (Lipinski definition) is 0. The standard InChI is InChI=1S/C13H20O/c1-8-5-11-13(4,14-11)7-10-9(8)6-12(10,2)3/h9-11H,1,5-7H2,2-4H3/t9-,10-,11-,13-/m1/s1. The number of rotatable bonds is 0. The largest absolute Gasteiger partial charge is 0.366 e. The summed E-state index contributed by atoms with van der Waals surface area (Å²) in [5, 5.41) is 0. The summed E-state index contributed by atoms with van der Waals surface area (Å²) in [6, 6.07) is 0. The third kappa shape index (κ3) is 0.995. The molecule has 78 valence electrons. The first-order chi connectivity index (χ1) is 6.42. The summed E-state index contributed by atoms with van der Waals surface area (Å²) in [5.74, 6) is 1.63. The molecule has 1 saturated heterocycles. The average Bonchev–Trinajstić information content (AvgIpc) is 2.70. The Morgan fingerprint density at radius 2 is 2.00 bits per heavy atom. The molecule has 0 amide bonds. The van der Waals surface area contributed by atoms with E-state index in [0.717, 1.165) is 18.3 Å². The highest BCUT2D eigenvalue weighted by molar-refractivity contribution is 5.22. The highest BCUT2D eigenvalue weighted by Gasteiger charge is 2.61.